The van der Waals surface area contributed by atoms with Gasteiger partial charge in [-0.25, -0.2) is 0 Å². The number of anilines is 1. The van der Waals surface area contributed by atoms with E-state index in [1.54, 1.807) is 0 Å². The van der Waals surface area contributed by atoms with Gasteiger partial charge < -0.3 is 10.6 Å². The predicted octanol–water partition coefficient (Wildman–Crippen LogP) is 3.85. The van der Waals surface area contributed by atoms with Gasteiger partial charge in [0.25, 0.3) is 0 Å². The van der Waals surface area contributed by atoms with Gasteiger partial charge in [-0.05, 0) is 38.5 Å². The molecule has 2 amide bonds. The van der Waals surface area contributed by atoms with Gasteiger partial charge >= 0.3 is 0 Å². The Hall–Kier alpha value is -2.27. The van der Waals surface area contributed by atoms with E-state index in [0.717, 1.165) is 16.8 Å². The average molecular weight is 356 g/mol. The zero-order chi connectivity index (χ0) is 18.2. The van der Waals surface area contributed by atoms with Crippen LogP contribution in [-0.4, -0.2) is 23.3 Å². The normalized spacial score (nSPS) is 11.6. The van der Waals surface area contributed by atoms with Crippen molar-refractivity contribution in [2.75, 3.05) is 16.8 Å². The maximum atomic E-state index is 12.0. The van der Waals surface area contributed by atoms with Crippen LogP contribution in [-0.2, 0) is 9.59 Å². The Morgan fingerprint density at radius 3 is 2.00 bits per heavy atom. The zero-order valence-electron chi connectivity index (χ0n) is 14.8. The standard InChI is InChI=1S/C20H24N2O2S/c1-14-4-8-17(9-5-14)16(3)21-19(23)12-25-13-20(24)22-18-10-6-15(2)7-11-18/h4-11,16H,12-13H2,1-3H3,(H,21,23)(H,22,24). The quantitative estimate of drug-likeness (QED) is 0.792. The molecule has 2 aromatic rings. The molecule has 5 heteroatoms. The summed E-state index contributed by atoms with van der Waals surface area (Å²) in [7, 11) is 0. The molecule has 2 aromatic carbocycles. The predicted molar refractivity (Wildman–Crippen MR) is 105 cm³/mol. The van der Waals surface area contributed by atoms with Crippen molar-refractivity contribution in [3.05, 3.63) is 65.2 Å². The second-order valence-electron chi connectivity index (χ2n) is 6.11. The van der Waals surface area contributed by atoms with E-state index in [9.17, 15) is 9.59 Å². The number of amides is 2. The van der Waals surface area contributed by atoms with Gasteiger partial charge in [-0.15, -0.1) is 11.8 Å². The van der Waals surface area contributed by atoms with Crippen LogP contribution in [0.5, 0.6) is 0 Å². The van der Waals surface area contributed by atoms with Crippen molar-refractivity contribution in [3.8, 4) is 0 Å². The van der Waals surface area contributed by atoms with E-state index in [1.165, 1.54) is 17.3 Å². The fraction of sp³-hybridized carbons (Fsp3) is 0.300. The third-order valence-corrected chi connectivity index (χ3v) is 4.69. The van der Waals surface area contributed by atoms with Crippen LogP contribution in [0.25, 0.3) is 0 Å². The van der Waals surface area contributed by atoms with Gasteiger partial charge in [0.1, 0.15) is 0 Å². The minimum absolute atomic E-state index is 0.0462. The van der Waals surface area contributed by atoms with Crippen molar-refractivity contribution in [2.45, 2.75) is 26.8 Å². The fourth-order valence-corrected chi connectivity index (χ4v) is 2.92. The lowest BCUT2D eigenvalue weighted by Gasteiger charge is -2.14. The summed E-state index contributed by atoms with van der Waals surface area (Å²) in [4.78, 5) is 23.9. The molecule has 1 atom stereocenters. The summed E-state index contributed by atoms with van der Waals surface area (Å²) < 4.78 is 0. The summed E-state index contributed by atoms with van der Waals surface area (Å²) in [5.74, 6) is 0.340. The minimum atomic E-state index is -0.103. The van der Waals surface area contributed by atoms with Crippen LogP contribution in [0.1, 0.15) is 29.7 Å². The molecule has 0 radical (unpaired) electrons. The first-order valence-corrected chi connectivity index (χ1v) is 9.39. The van der Waals surface area contributed by atoms with E-state index in [2.05, 4.69) is 10.6 Å². The number of aryl methyl sites for hydroxylation is 2. The van der Waals surface area contributed by atoms with Crippen molar-refractivity contribution in [1.29, 1.82) is 0 Å². The number of nitrogens with one attached hydrogen (secondary N) is 2. The van der Waals surface area contributed by atoms with Crippen molar-refractivity contribution >= 4 is 29.3 Å². The Kier molecular flexibility index (Phi) is 7.07. The van der Waals surface area contributed by atoms with E-state index in [1.807, 2.05) is 69.3 Å². The van der Waals surface area contributed by atoms with E-state index in [4.69, 9.17) is 0 Å². The summed E-state index contributed by atoms with van der Waals surface area (Å²) in [6, 6.07) is 15.7. The number of hydrogen-bond donors (Lipinski definition) is 2. The van der Waals surface area contributed by atoms with Gasteiger partial charge in [0.05, 0.1) is 17.5 Å². The molecular weight excluding hydrogens is 332 g/mol. The highest BCUT2D eigenvalue weighted by molar-refractivity contribution is 8.00. The molecule has 0 spiro atoms. The lowest BCUT2D eigenvalue weighted by atomic mass is 10.1. The second-order valence-corrected chi connectivity index (χ2v) is 7.09. The van der Waals surface area contributed by atoms with Crippen molar-refractivity contribution in [1.82, 2.24) is 5.32 Å². The number of rotatable bonds is 7. The van der Waals surface area contributed by atoms with Crippen LogP contribution in [0.4, 0.5) is 5.69 Å². The first kappa shape index (κ1) is 19.1. The zero-order valence-corrected chi connectivity index (χ0v) is 15.7. The maximum absolute atomic E-state index is 12.0. The maximum Gasteiger partial charge on any atom is 0.234 e. The smallest absolute Gasteiger partial charge is 0.234 e. The SMILES string of the molecule is Cc1ccc(NC(=O)CSCC(=O)NC(C)c2ccc(C)cc2)cc1. The van der Waals surface area contributed by atoms with Crippen LogP contribution < -0.4 is 10.6 Å². The van der Waals surface area contributed by atoms with Crippen molar-refractivity contribution < 1.29 is 9.59 Å². The lowest BCUT2D eigenvalue weighted by Crippen LogP contribution is -2.28. The molecule has 4 nitrogen and oxygen atoms in total. The van der Waals surface area contributed by atoms with Crippen LogP contribution in [0.15, 0.2) is 48.5 Å². The summed E-state index contributed by atoms with van der Waals surface area (Å²) in [6.07, 6.45) is 0. The molecule has 0 saturated heterocycles. The minimum Gasteiger partial charge on any atom is -0.349 e. The van der Waals surface area contributed by atoms with Crippen molar-refractivity contribution in [3.63, 3.8) is 0 Å². The summed E-state index contributed by atoms with van der Waals surface area (Å²) in [5, 5.41) is 5.78. The largest absolute Gasteiger partial charge is 0.349 e. The van der Waals surface area contributed by atoms with E-state index in [0.29, 0.717) is 0 Å². The Balaban J connectivity index is 1.70. The van der Waals surface area contributed by atoms with Gasteiger partial charge in [-0.3, -0.25) is 9.59 Å². The molecule has 2 N–H and O–H groups in total. The Morgan fingerprint density at radius 1 is 0.880 bits per heavy atom. The van der Waals surface area contributed by atoms with Crippen LogP contribution >= 0.6 is 11.8 Å². The monoisotopic (exact) mass is 356 g/mol. The summed E-state index contributed by atoms with van der Waals surface area (Å²) >= 11 is 1.31. The topological polar surface area (TPSA) is 58.2 Å². The van der Waals surface area contributed by atoms with E-state index >= 15 is 0 Å². The first-order chi connectivity index (χ1) is 11.9. The molecule has 1 unspecified atom stereocenters. The second kappa shape index (κ2) is 9.28. The van der Waals surface area contributed by atoms with E-state index in [-0.39, 0.29) is 29.4 Å². The first-order valence-electron chi connectivity index (χ1n) is 8.24. The number of carbonyl (C=O) groups excluding carboxylic acids is 2. The van der Waals surface area contributed by atoms with Gasteiger partial charge in [-0.2, -0.15) is 0 Å². The summed E-state index contributed by atoms with van der Waals surface area (Å²) in [5.41, 5.74) is 4.18. The lowest BCUT2D eigenvalue weighted by molar-refractivity contribution is -0.119. The molecule has 0 aromatic heterocycles. The molecule has 25 heavy (non-hydrogen) atoms. The van der Waals surface area contributed by atoms with Crippen LogP contribution in [0.3, 0.4) is 0 Å². The molecule has 0 heterocycles. The molecular formula is C20H24N2O2S. The van der Waals surface area contributed by atoms with Gasteiger partial charge in [0, 0.05) is 5.69 Å². The molecule has 0 fully saturated rings. The van der Waals surface area contributed by atoms with Gasteiger partial charge in [0.2, 0.25) is 11.8 Å². The number of thioether (sulfide) groups is 1. The third kappa shape index (κ3) is 6.63. The molecule has 0 bridgehead atoms. The Labute approximate surface area is 153 Å². The molecule has 0 saturated carbocycles. The molecule has 0 aliphatic rings. The Bertz CT molecular complexity index is 711. The van der Waals surface area contributed by atoms with Crippen LogP contribution in [0.2, 0.25) is 0 Å². The molecule has 132 valence electrons. The van der Waals surface area contributed by atoms with Gasteiger partial charge in [0.15, 0.2) is 0 Å². The highest BCUT2D eigenvalue weighted by atomic mass is 32.2. The van der Waals surface area contributed by atoms with Crippen molar-refractivity contribution in [2.24, 2.45) is 0 Å². The molecule has 2 rings (SSSR count). The molecule has 0 aliphatic heterocycles. The Morgan fingerprint density at radius 2 is 1.40 bits per heavy atom. The van der Waals surface area contributed by atoms with Gasteiger partial charge in [-0.1, -0.05) is 47.5 Å². The van der Waals surface area contributed by atoms with E-state index < -0.39 is 0 Å². The average Bonchev–Trinajstić information content (AvgIpc) is 2.57. The van der Waals surface area contributed by atoms with Crippen LogP contribution in [0, 0.1) is 13.8 Å². The number of hydrogen-bond acceptors (Lipinski definition) is 3. The fourth-order valence-electron chi connectivity index (χ4n) is 2.29. The third-order valence-electron chi connectivity index (χ3n) is 3.76. The highest BCUT2D eigenvalue weighted by Gasteiger charge is 2.10. The highest BCUT2D eigenvalue weighted by Crippen LogP contribution is 2.14. The number of carbonyl (C=O) groups is 2. The number of benzene rings is 2. The summed E-state index contributed by atoms with van der Waals surface area (Å²) in [6.45, 7) is 5.99. The molecule has 0 aliphatic carbocycles.